The Morgan fingerprint density at radius 3 is 2.71 bits per heavy atom. The Bertz CT molecular complexity index is 579. The molecule has 0 bridgehead atoms. The zero-order valence-electron chi connectivity index (χ0n) is 11.3. The highest BCUT2D eigenvalue weighted by Gasteiger charge is 2.34. The number of rotatable bonds is 5. The molecule has 2 unspecified atom stereocenters. The minimum Gasteiger partial charge on any atom is -0.491 e. The first-order valence-electron chi connectivity index (χ1n) is 6.69. The van der Waals surface area contributed by atoms with Crippen LogP contribution in [0.4, 0.5) is 5.95 Å². The molecule has 1 aromatic carbocycles. The third-order valence-corrected chi connectivity index (χ3v) is 3.14. The SMILES string of the molecule is O=CC1OC(COc2ccccc2)CN1c1ncccn1. The Labute approximate surface area is 122 Å². The maximum absolute atomic E-state index is 11.1. The van der Waals surface area contributed by atoms with Crippen molar-refractivity contribution in [2.75, 3.05) is 18.1 Å². The molecule has 2 aromatic rings. The van der Waals surface area contributed by atoms with Crippen LogP contribution in [0.3, 0.4) is 0 Å². The van der Waals surface area contributed by atoms with Crippen molar-refractivity contribution in [2.24, 2.45) is 0 Å². The first-order valence-corrected chi connectivity index (χ1v) is 6.69. The Hall–Kier alpha value is -2.47. The molecule has 0 radical (unpaired) electrons. The number of nitrogens with zero attached hydrogens (tertiary/aromatic N) is 3. The Kier molecular flexibility index (Phi) is 4.07. The normalized spacial score (nSPS) is 21.2. The van der Waals surface area contributed by atoms with Crippen molar-refractivity contribution in [3.63, 3.8) is 0 Å². The monoisotopic (exact) mass is 285 g/mol. The van der Waals surface area contributed by atoms with Crippen LogP contribution in [0.15, 0.2) is 48.8 Å². The summed E-state index contributed by atoms with van der Waals surface area (Å²) in [5.74, 6) is 1.26. The second-order valence-corrected chi connectivity index (χ2v) is 4.61. The van der Waals surface area contributed by atoms with E-state index in [2.05, 4.69) is 9.97 Å². The van der Waals surface area contributed by atoms with Crippen molar-refractivity contribution in [1.82, 2.24) is 9.97 Å². The topological polar surface area (TPSA) is 64.6 Å². The molecule has 1 aliphatic heterocycles. The lowest BCUT2D eigenvalue weighted by Gasteiger charge is -2.17. The largest absolute Gasteiger partial charge is 0.491 e. The van der Waals surface area contributed by atoms with Crippen LogP contribution in [0.1, 0.15) is 0 Å². The number of benzene rings is 1. The second-order valence-electron chi connectivity index (χ2n) is 4.61. The number of aldehydes is 1. The molecule has 1 saturated heterocycles. The van der Waals surface area contributed by atoms with Crippen LogP contribution in [0.5, 0.6) is 5.75 Å². The lowest BCUT2D eigenvalue weighted by Crippen LogP contribution is -2.32. The predicted molar refractivity (Wildman–Crippen MR) is 76.0 cm³/mol. The number of hydrogen-bond acceptors (Lipinski definition) is 6. The van der Waals surface area contributed by atoms with E-state index in [1.54, 1.807) is 23.4 Å². The van der Waals surface area contributed by atoms with Gasteiger partial charge in [-0.15, -0.1) is 0 Å². The number of carbonyl (C=O) groups is 1. The number of para-hydroxylation sites is 1. The molecule has 2 heterocycles. The number of hydrogen-bond donors (Lipinski definition) is 0. The van der Waals surface area contributed by atoms with Crippen molar-refractivity contribution >= 4 is 12.2 Å². The molecule has 0 N–H and O–H groups in total. The summed E-state index contributed by atoms with van der Waals surface area (Å²) in [5.41, 5.74) is 0. The molecule has 0 amide bonds. The molecule has 108 valence electrons. The summed E-state index contributed by atoms with van der Waals surface area (Å²) in [4.78, 5) is 21.2. The van der Waals surface area contributed by atoms with E-state index < -0.39 is 6.23 Å². The predicted octanol–water partition coefficient (Wildman–Crippen LogP) is 1.29. The molecule has 1 aliphatic rings. The van der Waals surface area contributed by atoms with Gasteiger partial charge in [0.05, 0.1) is 6.54 Å². The van der Waals surface area contributed by atoms with Gasteiger partial charge < -0.3 is 14.4 Å². The van der Waals surface area contributed by atoms with Crippen molar-refractivity contribution in [3.8, 4) is 5.75 Å². The van der Waals surface area contributed by atoms with Crippen LogP contribution in [-0.4, -0.2) is 41.7 Å². The molecule has 1 fully saturated rings. The van der Waals surface area contributed by atoms with Gasteiger partial charge in [-0.05, 0) is 18.2 Å². The molecule has 0 aliphatic carbocycles. The fourth-order valence-electron chi connectivity index (χ4n) is 2.18. The summed E-state index contributed by atoms with van der Waals surface area (Å²) in [6.07, 6.45) is 3.15. The average molecular weight is 285 g/mol. The summed E-state index contributed by atoms with van der Waals surface area (Å²) in [6, 6.07) is 11.2. The van der Waals surface area contributed by atoms with Crippen LogP contribution in [0.25, 0.3) is 0 Å². The lowest BCUT2D eigenvalue weighted by molar-refractivity contribution is -0.117. The van der Waals surface area contributed by atoms with Gasteiger partial charge in [0.2, 0.25) is 5.95 Å². The van der Waals surface area contributed by atoms with Crippen LogP contribution in [-0.2, 0) is 9.53 Å². The van der Waals surface area contributed by atoms with Gasteiger partial charge in [0.1, 0.15) is 18.5 Å². The van der Waals surface area contributed by atoms with Crippen LogP contribution in [0, 0.1) is 0 Å². The van der Waals surface area contributed by atoms with Crippen LogP contribution >= 0.6 is 0 Å². The van der Waals surface area contributed by atoms with Crippen LogP contribution in [0.2, 0.25) is 0 Å². The van der Waals surface area contributed by atoms with E-state index in [9.17, 15) is 4.79 Å². The number of ether oxygens (including phenoxy) is 2. The average Bonchev–Trinajstić information content (AvgIpc) is 2.98. The molecule has 21 heavy (non-hydrogen) atoms. The Balaban J connectivity index is 1.63. The van der Waals surface area contributed by atoms with Gasteiger partial charge >= 0.3 is 0 Å². The smallest absolute Gasteiger partial charge is 0.227 e. The Morgan fingerprint density at radius 2 is 2.00 bits per heavy atom. The number of carbonyl (C=O) groups excluding carboxylic acids is 1. The number of aromatic nitrogens is 2. The van der Waals surface area contributed by atoms with Gasteiger partial charge in [0.25, 0.3) is 0 Å². The van der Waals surface area contributed by atoms with Gasteiger partial charge in [0, 0.05) is 12.4 Å². The van der Waals surface area contributed by atoms with E-state index in [4.69, 9.17) is 9.47 Å². The van der Waals surface area contributed by atoms with E-state index in [1.165, 1.54) is 0 Å². The maximum Gasteiger partial charge on any atom is 0.227 e. The zero-order valence-corrected chi connectivity index (χ0v) is 11.3. The van der Waals surface area contributed by atoms with E-state index in [0.717, 1.165) is 12.0 Å². The van der Waals surface area contributed by atoms with Gasteiger partial charge in [0.15, 0.2) is 12.5 Å². The molecule has 0 saturated carbocycles. The third kappa shape index (κ3) is 3.17. The molecule has 3 rings (SSSR count). The summed E-state index contributed by atoms with van der Waals surface area (Å²) >= 11 is 0. The van der Waals surface area contributed by atoms with Crippen molar-refractivity contribution in [3.05, 3.63) is 48.8 Å². The molecule has 6 nitrogen and oxygen atoms in total. The molecule has 1 aromatic heterocycles. The molecule has 2 atom stereocenters. The van der Waals surface area contributed by atoms with Crippen molar-refractivity contribution in [2.45, 2.75) is 12.3 Å². The molecular weight excluding hydrogens is 270 g/mol. The fourth-order valence-corrected chi connectivity index (χ4v) is 2.18. The van der Waals surface area contributed by atoms with E-state index >= 15 is 0 Å². The van der Waals surface area contributed by atoms with Gasteiger partial charge in [-0.25, -0.2) is 9.97 Å². The highest BCUT2D eigenvalue weighted by atomic mass is 16.6. The van der Waals surface area contributed by atoms with Gasteiger partial charge in [-0.2, -0.15) is 0 Å². The minimum atomic E-state index is -0.670. The van der Waals surface area contributed by atoms with Crippen molar-refractivity contribution < 1.29 is 14.3 Å². The number of anilines is 1. The third-order valence-electron chi connectivity index (χ3n) is 3.14. The summed E-state index contributed by atoms with van der Waals surface area (Å²) in [6.45, 7) is 0.887. The molecule has 0 spiro atoms. The quantitative estimate of drug-likeness (QED) is 0.771. The van der Waals surface area contributed by atoms with Gasteiger partial charge in [-0.1, -0.05) is 18.2 Å². The standard InChI is InChI=1S/C15H15N3O3/c19-10-14-18(15-16-7-4-8-17-15)9-13(21-14)11-20-12-5-2-1-3-6-12/h1-8,10,13-14H,9,11H2. The zero-order chi connectivity index (χ0) is 14.5. The lowest BCUT2D eigenvalue weighted by atomic mass is 10.3. The first kappa shape index (κ1) is 13.5. The Morgan fingerprint density at radius 1 is 1.24 bits per heavy atom. The summed E-state index contributed by atoms with van der Waals surface area (Å²) < 4.78 is 11.3. The highest BCUT2D eigenvalue weighted by molar-refractivity contribution is 5.62. The summed E-state index contributed by atoms with van der Waals surface area (Å²) in [5, 5.41) is 0. The van der Waals surface area contributed by atoms with E-state index in [1.807, 2.05) is 30.3 Å². The van der Waals surface area contributed by atoms with Crippen molar-refractivity contribution in [1.29, 1.82) is 0 Å². The maximum atomic E-state index is 11.1. The summed E-state index contributed by atoms with van der Waals surface area (Å²) in [7, 11) is 0. The fraction of sp³-hybridized carbons (Fsp3) is 0.267. The second kappa shape index (κ2) is 6.32. The van der Waals surface area contributed by atoms with E-state index in [0.29, 0.717) is 19.1 Å². The molecule has 6 heteroatoms. The molecular formula is C15H15N3O3. The van der Waals surface area contributed by atoms with Crippen LogP contribution < -0.4 is 9.64 Å². The first-order chi connectivity index (χ1) is 10.4. The van der Waals surface area contributed by atoms with E-state index in [-0.39, 0.29) is 6.10 Å². The minimum absolute atomic E-state index is 0.204. The van der Waals surface area contributed by atoms with Gasteiger partial charge in [-0.3, -0.25) is 4.79 Å². The highest BCUT2D eigenvalue weighted by Crippen LogP contribution is 2.20.